The Morgan fingerprint density at radius 2 is 1.52 bits per heavy atom. The second-order valence-corrected chi connectivity index (χ2v) is 6.53. The van der Waals surface area contributed by atoms with Crippen LogP contribution in [0, 0.1) is 0 Å². The van der Waals surface area contributed by atoms with Crippen molar-refractivity contribution in [2.45, 2.75) is 6.54 Å². The van der Waals surface area contributed by atoms with Gasteiger partial charge in [0.2, 0.25) is 5.91 Å². The third-order valence-electron chi connectivity index (χ3n) is 4.69. The fourth-order valence-corrected chi connectivity index (χ4v) is 3.26. The second kappa shape index (κ2) is 7.55. The summed E-state index contributed by atoms with van der Waals surface area (Å²) in [6.07, 6.45) is 1.60. The van der Waals surface area contributed by atoms with Crippen molar-refractivity contribution in [3.8, 4) is 5.75 Å². The second-order valence-electron chi connectivity index (χ2n) is 6.53. The predicted molar refractivity (Wildman–Crippen MR) is 105 cm³/mol. The number of phenolic OH excluding ortho intramolecular Hbond substituents is 1. The Kier molecular flexibility index (Phi) is 4.78. The van der Waals surface area contributed by atoms with Crippen molar-refractivity contribution in [1.29, 1.82) is 0 Å². The SMILES string of the molecule is O=C1c2ccccc2C(=O)N1CC(=O)N(Cc1ccccn1)c1ccccc1O. The number of benzene rings is 2. The maximum atomic E-state index is 13.1. The summed E-state index contributed by atoms with van der Waals surface area (Å²) in [6.45, 7) is -0.353. The van der Waals surface area contributed by atoms with Crippen LogP contribution in [0.2, 0.25) is 0 Å². The molecule has 0 unspecified atom stereocenters. The first-order chi connectivity index (χ1) is 14.1. The normalized spacial score (nSPS) is 12.8. The van der Waals surface area contributed by atoms with E-state index in [-0.39, 0.29) is 29.1 Å². The van der Waals surface area contributed by atoms with Crippen LogP contribution in [-0.2, 0) is 11.3 Å². The van der Waals surface area contributed by atoms with Gasteiger partial charge in [0, 0.05) is 6.20 Å². The molecule has 1 aliphatic rings. The monoisotopic (exact) mass is 387 g/mol. The van der Waals surface area contributed by atoms with Crippen LogP contribution < -0.4 is 4.90 Å². The Morgan fingerprint density at radius 3 is 2.14 bits per heavy atom. The summed E-state index contributed by atoms with van der Waals surface area (Å²) in [6, 6.07) is 18.2. The standard InChI is InChI=1S/C22H17N3O4/c26-19-11-4-3-10-18(19)24(13-15-7-5-6-12-23-15)20(27)14-25-21(28)16-8-1-2-9-17(16)22(25)29/h1-12,26H,13-14H2. The number of fused-ring (bicyclic) bond motifs is 1. The Balaban J connectivity index is 1.63. The van der Waals surface area contributed by atoms with E-state index in [1.54, 1.807) is 66.9 Å². The van der Waals surface area contributed by atoms with Crippen molar-refractivity contribution in [1.82, 2.24) is 9.88 Å². The molecular formula is C22H17N3O4. The lowest BCUT2D eigenvalue weighted by atomic mass is 10.1. The highest BCUT2D eigenvalue weighted by Crippen LogP contribution is 2.29. The highest BCUT2D eigenvalue weighted by atomic mass is 16.3. The number of carbonyl (C=O) groups excluding carboxylic acids is 3. The van der Waals surface area contributed by atoms with Gasteiger partial charge in [0.1, 0.15) is 12.3 Å². The van der Waals surface area contributed by atoms with Gasteiger partial charge in [-0.25, -0.2) is 0 Å². The number of para-hydroxylation sites is 2. The summed E-state index contributed by atoms with van der Waals surface area (Å²) in [5, 5.41) is 10.3. The fourth-order valence-electron chi connectivity index (χ4n) is 3.26. The maximum absolute atomic E-state index is 13.1. The molecule has 7 heteroatoms. The zero-order valence-corrected chi connectivity index (χ0v) is 15.4. The molecular weight excluding hydrogens is 370 g/mol. The van der Waals surface area contributed by atoms with Gasteiger partial charge in [-0.1, -0.05) is 30.3 Å². The van der Waals surface area contributed by atoms with Gasteiger partial charge in [0.05, 0.1) is 29.1 Å². The van der Waals surface area contributed by atoms with Crippen molar-refractivity contribution in [2.75, 3.05) is 11.4 Å². The molecule has 0 spiro atoms. The van der Waals surface area contributed by atoms with Crippen LogP contribution in [-0.4, -0.2) is 39.3 Å². The number of hydrogen-bond acceptors (Lipinski definition) is 5. The van der Waals surface area contributed by atoms with Crippen molar-refractivity contribution >= 4 is 23.4 Å². The third kappa shape index (κ3) is 3.45. The number of carbonyl (C=O) groups is 3. The van der Waals surface area contributed by atoms with Gasteiger partial charge in [-0.2, -0.15) is 0 Å². The molecule has 2 aromatic carbocycles. The van der Waals surface area contributed by atoms with E-state index in [2.05, 4.69) is 4.98 Å². The van der Waals surface area contributed by atoms with Gasteiger partial charge in [-0.3, -0.25) is 24.3 Å². The number of nitrogens with zero attached hydrogens (tertiary/aromatic N) is 3. The molecule has 1 aromatic heterocycles. The lowest BCUT2D eigenvalue weighted by molar-refractivity contribution is -0.119. The lowest BCUT2D eigenvalue weighted by Gasteiger charge is -2.25. The van der Waals surface area contributed by atoms with E-state index in [0.29, 0.717) is 5.69 Å². The topological polar surface area (TPSA) is 90.8 Å². The fraction of sp³-hybridized carbons (Fsp3) is 0.0909. The van der Waals surface area contributed by atoms with Crippen molar-refractivity contribution in [3.05, 3.63) is 89.7 Å². The molecule has 0 aliphatic carbocycles. The van der Waals surface area contributed by atoms with E-state index < -0.39 is 24.3 Å². The molecule has 7 nitrogen and oxygen atoms in total. The van der Waals surface area contributed by atoms with Crippen LogP contribution in [0.3, 0.4) is 0 Å². The van der Waals surface area contributed by atoms with E-state index in [0.717, 1.165) is 4.90 Å². The highest BCUT2D eigenvalue weighted by Gasteiger charge is 2.37. The van der Waals surface area contributed by atoms with Gasteiger partial charge in [0.15, 0.2) is 0 Å². The summed E-state index contributed by atoms with van der Waals surface area (Å²) >= 11 is 0. The first-order valence-corrected chi connectivity index (χ1v) is 9.00. The third-order valence-corrected chi connectivity index (χ3v) is 4.69. The Bertz CT molecular complexity index is 1060. The molecule has 3 amide bonds. The number of pyridine rings is 1. The number of aromatic hydroxyl groups is 1. The van der Waals surface area contributed by atoms with E-state index >= 15 is 0 Å². The van der Waals surface area contributed by atoms with Gasteiger partial charge < -0.3 is 10.0 Å². The first kappa shape index (κ1) is 18.4. The maximum Gasteiger partial charge on any atom is 0.262 e. The van der Waals surface area contributed by atoms with E-state index in [9.17, 15) is 19.5 Å². The zero-order valence-electron chi connectivity index (χ0n) is 15.4. The van der Waals surface area contributed by atoms with Crippen LogP contribution in [0.15, 0.2) is 72.9 Å². The molecule has 0 saturated carbocycles. The average Bonchev–Trinajstić information content (AvgIpc) is 2.98. The molecule has 1 N–H and O–H groups in total. The Hall–Kier alpha value is -4.00. The van der Waals surface area contributed by atoms with Crippen LogP contribution >= 0.6 is 0 Å². The summed E-state index contributed by atoms with van der Waals surface area (Å²) in [5.41, 5.74) is 1.44. The van der Waals surface area contributed by atoms with Crippen LogP contribution in [0.4, 0.5) is 5.69 Å². The Morgan fingerprint density at radius 1 is 0.897 bits per heavy atom. The minimum atomic E-state index is -0.508. The van der Waals surface area contributed by atoms with Crippen molar-refractivity contribution in [2.24, 2.45) is 0 Å². The van der Waals surface area contributed by atoms with E-state index in [1.807, 2.05) is 0 Å². The molecule has 0 bridgehead atoms. The van der Waals surface area contributed by atoms with Crippen molar-refractivity contribution < 1.29 is 19.5 Å². The largest absolute Gasteiger partial charge is 0.506 e. The van der Waals surface area contributed by atoms with Crippen LogP contribution in [0.1, 0.15) is 26.4 Å². The lowest BCUT2D eigenvalue weighted by Crippen LogP contribution is -2.42. The molecule has 0 atom stereocenters. The Labute approximate surface area is 166 Å². The van der Waals surface area contributed by atoms with Crippen molar-refractivity contribution in [3.63, 3.8) is 0 Å². The number of phenols is 1. The van der Waals surface area contributed by atoms with E-state index in [4.69, 9.17) is 0 Å². The number of amides is 3. The average molecular weight is 387 g/mol. The molecule has 0 fully saturated rings. The molecule has 4 rings (SSSR count). The number of anilines is 1. The molecule has 0 radical (unpaired) electrons. The quantitative estimate of drug-likeness (QED) is 0.680. The molecule has 3 aromatic rings. The molecule has 2 heterocycles. The number of hydrogen-bond donors (Lipinski definition) is 1. The van der Waals surface area contributed by atoms with Gasteiger partial charge >= 0.3 is 0 Å². The number of aromatic nitrogens is 1. The number of rotatable bonds is 5. The summed E-state index contributed by atoms with van der Waals surface area (Å²) in [5.74, 6) is -1.60. The summed E-state index contributed by atoms with van der Waals surface area (Å²) in [7, 11) is 0. The van der Waals surface area contributed by atoms with Crippen LogP contribution in [0.25, 0.3) is 0 Å². The molecule has 29 heavy (non-hydrogen) atoms. The van der Waals surface area contributed by atoms with Crippen LogP contribution in [0.5, 0.6) is 5.75 Å². The summed E-state index contributed by atoms with van der Waals surface area (Å²) < 4.78 is 0. The molecule has 144 valence electrons. The first-order valence-electron chi connectivity index (χ1n) is 9.00. The molecule has 1 aliphatic heterocycles. The van der Waals surface area contributed by atoms with Gasteiger partial charge in [-0.15, -0.1) is 0 Å². The van der Waals surface area contributed by atoms with Gasteiger partial charge in [-0.05, 0) is 36.4 Å². The highest BCUT2D eigenvalue weighted by molar-refractivity contribution is 6.22. The van der Waals surface area contributed by atoms with Gasteiger partial charge in [0.25, 0.3) is 11.8 Å². The number of imide groups is 1. The summed E-state index contributed by atoms with van der Waals surface area (Å²) in [4.78, 5) is 44.8. The minimum Gasteiger partial charge on any atom is -0.506 e. The zero-order chi connectivity index (χ0) is 20.4. The molecule has 0 saturated heterocycles. The smallest absolute Gasteiger partial charge is 0.262 e. The predicted octanol–water partition coefficient (Wildman–Crippen LogP) is 2.62. The van der Waals surface area contributed by atoms with E-state index in [1.165, 1.54) is 11.0 Å². The minimum absolute atomic E-state index is 0.0837.